The van der Waals surface area contributed by atoms with Crippen LogP contribution in [0.3, 0.4) is 0 Å². The van der Waals surface area contributed by atoms with Gasteiger partial charge in [0.05, 0.1) is 17.3 Å². The molecule has 0 fully saturated rings. The minimum Gasteiger partial charge on any atom is -0.493 e. The average molecular weight is 461 g/mol. The molecule has 3 aromatic heterocycles. The van der Waals surface area contributed by atoms with E-state index in [0.29, 0.717) is 11.3 Å². The van der Waals surface area contributed by atoms with E-state index in [1.807, 2.05) is 36.4 Å². The van der Waals surface area contributed by atoms with Gasteiger partial charge in [0.1, 0.15) is 10.0 Å². The first-order chi connectivity index (χ1) is 15.7. The average Bonchev–Trinajstić information content (AvgIpc) is 3.52. The number of ether oxygens (including phenoxy) is 1. The number of methoxy groups -OCH3 is 1. The van der Waals surface area contributed by atoms with Gasteiger partial charge < -0.3 is 14.5 Å². The second kappa shape index (κ2) is 7.76. The molecule has 0 bridgehead atoms. The normalized spacial score (nSPS) is 13.4. The minimum atomic E-state index is -0.260. The van der Waals surface area contributed by atoms with E-state index >= 15 is 0 Å². The fraction of sp³-hybridized carbons (Fsp3) is 0.200. The summed E-state index contributed by atoms with van der Waals surface area (Å²) in [6, 6.07) is 15.6. The Morgan fingerprint density at radius 3 is 2.84 bits per heavy atom. The van der Waals surface area contributed by atoms with Crippen LogP contribution in [0.25, 0.3) is 31.8 Å². The van der Waals surface area contributed by atoms with Crippen LogP contribution < -0.4 is 10.1 Å². The summed E-state index contributed by atoms with van der Waals surface area (Å²) in [6.45, 7) is 0. The molecule has 3 heterocycles. The first-order valence-electron chi connectivity index (χ1n) is 10.6. The van der Waals surface area contributed by atoms with Crippen LogP contribution in [0.15, 0.2) is 52.9 Å². The van der Waals surface area contributed by atoms with E-state index in [-0.39, 0.29) is 11.7 Å². The molecule has 2 aromatic carbocycles. The highest BCUT2D eigenvalue weighted by Gasteiger charge is 2.26. The largest absolute Gasteiger partial charge is 0.493 e. The van der Waals surface area contributed by atoms with Crippen LogP contribution in [-0.4, -0.2) is 18.0 Å². The number of carbonyl (C=O) groups excluding carboxylic acids is 1. The van der Waals surface area contributed by atoms with Crippen molar-refractivity contribution < 1.29 is 13.9 Å². The van der Waals surface area contributed by atoms with Crippen LogP contribution in [0.4, 0.5) is 5.00 Å². The monoisotopic (exact) mass is 460 g/mol. The lowest BCUT2D eigenvalue weighted by molar-refractivity contribution is 0.0999. The second-order valence-corrected chi connectivity index (χ2v) is 9.98. The van der Waals surface area contributed by atoms with Crippen molar-refractivity contribution in [2.45, 2.75) is 25.7 Å². The van der Waals surface area contributed by atoms with E-state index in [4.69, 9.17) is 14.1 Å². The molecule has 0 saturated carbocycles. The topological polar surface area (TPSA) is 64.4 Å². The van der Waals surface area contributed by atoms with Crippen molar-refractivity contribution in [3.63, 3.8) is 0 Å². The van der Waals surface area contributed by atoms with Gasteiger partial charge in [0.2, 0.25) is 0 Å². The number of nitrogens with one attached hydrogen (secondary N) is 1. The smallest absolute Gasteiger partial charge is 0.292 e. The highest BCUT2D eigenvalue weighted by molar-refractivity contribution is 7.23. The number of amides is 1. The van der Waals surface area contributed by atoms with E-state index in [0.717, 1.165) is 44.0 Å². The molecule has 5 aromatic rings. The quantitative estimate of drug-likeness (QED) is 0.316. The molecule has 0 spiro atoms. The zero-order valence-electron chi connectivity index (χ0n) is 17.4. The molecule has 1 aliphatic carbocycles. The van der Waals surface area contributed by atoms with Gasteiger partial charge in [-0.25, -0.2) is 4.98 Å². The van der Waals surface area contributed by atoms with Crippen molar-refractivity contribution >= 4 is 54.8 Å². The zero-order chi connectivity index (χ0) is 21.7. The number of rotatable bonds is 4. The number of hydrogen-bond acceptors (Lipinski definition) is 6. The summed E-state index contributed by atoms with van der Waals surface area (Å²) < 4.78 is 12.4. The van der Waals surface area contributed by atoms with Crippen molar-refractivity contribution in [3.8, 4) is 16.3 Å². The SMILES string of the molecule is COc1cccc2cc(C(=O)Nc3sc4c(c3-c3nc5ccccc5s3)CCCC4)oc12. The summed E-state index contributed by atoms with van der Waals surface area (Å²) in [5.41, 5.74) is 3.98. The van der Waals surface area contributed by atoms with Crippen LogP contribution in [0.5, 0.6) is 5.75 Å². The number of benzene rings is 2. The maximum absolute atomic E-state index is 13.2. The molecule has 1 amide bonds. The molecule has 0 radical (unpaired) electrons. The third-order valence-electron chi connectivity index (χ3n) is 5.86. The number of aryl methyl sites for hydroxylation is 1. The molecular weight excluding hydrogens is 440 g/mol. The molecule has 5 nitrogen and oxygen atoms in total. The van der Waals surface area contributed by atoms with E-state index < -0.39 is 0 Å². The maximum Gasteiger partial charge on any atom is 0.292 e. The standard InChI is InChI=1S/C25H20N2O3S2/c1-29-17-10-6-7-14-13-18(30-22(14)17)23(28)27-25-21(15-8-2-4-11-19(15)31-25)24-26-16-9-3-5-12-20(16)32-24/h3,5-7,9-10,12-13H,2,4,8,11H2,1H3,(H,27,28). The van der Waals surface area contributed by atoms with Gasteiger partial charge in [0.15, 0.2) is 17.1 Å². The fourth-order valence-electron chi connectivity index (χ4n) is 4.33. The Hall–Kier alpha value is -3.16. The van der Waals surface area contributed by atoms with E-state index in [1.165, 1.54) is 23.3 Å². The fourth-order valence-corrected chi connectivity index (χ4v) is 6.73. The molecule has 0 aliphatic heterocycles. The number of fused-ring (bicyclic) bond motifs is 3. The lowest BCUT2D eigenvalue weighted by Crippen LogP contribution is -2.10. The number of hydrogen-bond donors (Lipinski definition) is 1. The Morgan fingerprint density at radius 1 is 1.09 bits per heavy atom. The third-order valence-corrected chi connectivity index (χ3v) is 8.12. The van der Waals surface area contributed by atoms with Gasteiger partial charge in [-0.3, -0.25) is 4.79 Å². The number of para-hydroxylation sites is 2. The van der Waals surface area contributed by atoms with Gasteiger partial charge in [0.25, 0.3) is 5.91 Å². The van der Waals surface area contributed by atoms with Crippen molar-refractivity contribution in [1.29, 1.82) is 0 Å². The lowest BCUT2D eigenvalue weighted by atomic mass is 9.96. The number of anilines is 1. The molecule has 160 valence electrons. The lowest BCUT2D eigenvalue weighted by Gasteiger charge is -2.11. The van der Waals surface area contributed by atoms with Gasteiger partial charge in [-0.15, -0.1) is 22.7 Å². The predicted molar refractivity (Wildman–Crippen MR) is 130 cm³/mol. The maximum atomic E-state index is 13.2. The van der Waals surface area contributed by atoms with Gasteiger partial charge in [-0.2, -0.15) is 0 Å². The van der Waals surface area contributed by atoms with Crippen molar-refractivity contribution in [3.05, 3.63) is 64.7 Å². The van der Waals surface area contributed by atoms with Gasteiger partial charge in [-0.1, -0.05) is 24.3 Å². The van der Waals surface area contributed by atoms with Crippen LogP contribution in [0.2, 0.25) is 0 Å². The highest BCUT2D eigenvalue weighted by atomic mass is 32.1. The molecule has 1 N–H and O–H groups in total. The number of carbonyl (C=O) groups is 1. The first-order valence-corrected chi connectivity index (χ1v) is 12.2. The van der Waals surface area contributed by atoms with E-state index in [2.05, 4.69) is 11.4 Å². The zero-order valence-corrected chi connectivity index (χ0v) is 19.1. The predicted octanol–water partition coefficient (Wildman–Crippen LogP) is 6.91. The number of aromatic nitrogens is 1. The molecule has 0 saturated heterocycles. The summed E-state index contributed by atoms with van der Waals surface area (Å²) in [7, 11) is 1.59. The molecule has 1 aliphatic rings. The highest BCUT2D eigenvalue weighted by Crippen LogP contribution is 2.46. The second-order valence-electron chi connectivity index (χ2n) is 7.85. The summed E-state index contributed by atoms with van der Waals surface area (Å²) in [5, 5.41) is 5.80. The molecule has 6 rings (SSSR count). The van der Waals surface area contributed by atoms with Gasteiger partial charge >= 0.3 is 0 Å². The van der Waals surface area contributed by atoms with Crippen LogP contribution in [-0.2, 0) is 12.8 Å². The van der Waals surface area contributed by atoms with Gasteiger partial charge in [-0.05, 0) is 55.5 Å². The minimum absolute atomic E-state index is 0.260. The number of nitrogens with zero attached hydrogens (tertiary/aromatic N) is 1. The molecule has 7 heteroatoms. The van der Waals surface area contributed by atoms with Crippen molar-refractivity contribution in [1.82, 2.24) is 4.98 Å². The number of thiazole rings is 1. The summed E-state index contributed by atoms with van der Waals surface area (Å²) in [4.78, 5) is 19.4. The number of thiophene rings is 1. The van der Waals surface area contributed by atoms with Crippen LogP contribution >= 0.6 is 22.7 Å². The Balaban J connectivity index is 1.42. The Kier molecular flexibility index (Phi) is 4.73. The van der Waals surface area contributed by atoms with Crippen molar-refractivity contribution in [2.75, 3.05) is 12.4 Å². The van der Waals surface area contributed by atoms with Crippen LogP contribution in [0, 0.1) is 0 Å². The molecule has 32 heavy (non-hydrogen) atoms. The summed E-state index contributed by atoms with van der Waals surface area (Å²) in [6.07, 6.45) is 4.42. The summed E-state index contributed by atoms with van der Waals surface area (Å²) in [5.74, 6) is 0.624. The molecule has 0 unspecified atom stereocenters. The van der Waals surface area contributed by atoms with Crippen molar-refractivity contribution in [2.24, 2.45) is 0 Å². The molecule has 0 atom stereocenters. The third kappa shape index (κ3) is 3.20. The van der Waals surface area contributed by atoms with Gasteiger partial charge in [0, 0.05) is 15.8 Å². The Bertz CT molecular complexity index is 1440. The van der Waals surface area contributed by atoms with Crippen LogP contribution in [0.1, 0.15) is 33.8 Å². The Morgan fingerprint density at radius 2 is 1.97 bits per heavy atom. The van der Waals surface area contributed by atoms with E-state index in [1.54, 1.807) is 35.8 Å². The number of furan rings is 1. The summed E-state index contributed by atoms with van der Waals surface area (Å²) >= 11 is 3.35. The molecular formula is C25H20N2O3S2. The Labute approximate surface area is 192 Å². The van der Waals surface area contributed by atoms with E-state index in [9.17, 15) is 4.79 Å². The first kappa shape index (κ1) is 19.5.